The average molecular weight is 432 g/mol. The lowest BCUT2D eigenvalue weighted by molar-refractivity contribution is -0.143. The maximum Gasteiger partial charge on any atom is 0.326 e. The number of carboxylic acid groups (broad SMARTS) is 1. The van der Waals surface area contributed by atoms with Crippen molar-refractivity contribution in [1.82, 2.24) is 5.32 Å². The second-order valence-electron chi connectivity index (χ2n) is 8.14. The molecule has 162 valence electrons. The van der Waals surface area contributed by atoms with Gasteiger partial charge < -0.3 is 15.5 Å². The van der Waals surface area contributed by atoms with Crippen molar-refractivity contribution in [2.24, 2.45) is 0 Å². The molecule has 3 N–H and O–H groups in total. The first-order valence-electron chi connectivity index (χ1n) is 10.2. The molecule has 0 radical (unpaired) electrons. The van der Waals surface area contributed by atoms with Gasteiger partial charge in [0.15, 0.2) is 0 Å². The molecule has 0 spiro atoms. The van der Waals surface area contributed by atoms with Gasteiger partial charge in [-0.05, 0) is 29.7 Å². The fourth-order valence-electron chi connectivity index (χ4n) is 3.66. The van der Waals surface area contributed by atoms with E-state index >= 15 is 0 Å². The van der Waals surface area contributed by atoms with E-state index in [2.05, 4.69) is 5.32 Å². The van der Waals surface area contributed by atoms with Gasteiger partial charge in [-0.2, -0.15) is 0 Å². The van der Waals surface area contributed by atoms with Crippen LogP contribution < -0.4 is 5.32 Å². The van der Waals surface area contributed by atoms with Crippen molar-refractivity contribution < 1.29 is 19.8 Å². The minimum atomic E-state index is -1.59. The van der Waals surface area contributed by atoms with Gasteiger partial charge in [0.2, 0.25) is 5.91 Å². The summed E-state index contributed by atoms with van der Waals surface area (Å²) in [5.74, 6) is -1.59. The van der Waals surface area contributed by atoms with E-state index in [-0.39, 0.29) is 6.42 Å². The number of carbonyl (C=O) groups is 2. The average Bonchev–Trinajstić information content (AvgIpc) is 2.71. The number of benzene rings is 2. The highest BCUT2D eigenvalue weighted by Crippen LogP contribution is 2.45. The second-order valence-corrected chi connectivity index (χ2v) is 8.58. The molecule has 2 atom stereocenters. The number of nitrogens with one attached hydrogen (secondary N) is 1. The van der Waals surface area contributed by atoms with Gasteiger partial charge in [-0.25, -0.2) is 4.79 Å². The molecule has 2 aromatic carbocycles. The maximum absolute atomic E-state index is 12.9. The largest absolute Gasteiger partial charge is 0.480 e. The van der Waals surface area contributed by atoms with Gasteiger partial charge in [0.25, 0.3) is 0 Å². The van der Waals surface area contributed by atoms with Crippen LogP contribution in [-0.4, -0.2) is 28.1 Å². The standard InChI is InChI=1S/C24H30ClNO4/c1-4-5-14-20(22(28)29)26-21(27)16-24(30,17-10-7-6-8-11-17)23(2,3)18-12-9-13-19(25)15-18/h6-13,15,20,30H,4-5,14,16H2,1-3H3,(H,26,27)(H,28,29)/t20-,24?/m0/s1. The van der Waals surface area contributed by atoms with Crippen molar-refractivity contribution in [3.05, 3.63) is 70.7 Å². The molecule has 0 aromatic heterocycles. The van der Waals surface area contributed by atoms with E-state index in [9.17, 15) is 19.8 Å². The topological polar surface area (TPSA) is 86.6 Å². The molecule has 6 heteroatoms. The molecule has 2 rings (SSSR count). The maximum atomic E-state index is 12.9. The summed E-state index contributed by atoms with van der Waals surface area (Å²) in [6, 6.07) is 15.2. The number of carbonyl (C=O) groups excluding carboxylic acids is 1. The van der Waals surface area contributed by atoms with Crippen LogP contribution in [0, 0.1) is 0 Å². The second kappa shape index (κ2) is 10.1. The Balaban J connectivity index is 2.40. The van der Waals surface area contributed by atoms with E-state index in [1.54, 1.807) is 42.5 Å². The minimum absolute atomic E-state index is 0.285. The van der Waals surface area contributed by atoms with Gasteiger partial charge in [-0.15, -0.1) is 0 Å². The number of rotatable bonds is 10. The van der Waals surface area contributed by atoms with Gasteiger partial charge in [-0.1, -0.05) is 87.7 Å². The predicted molar refractivity (Wildman–Crippen MR) is 119 cm³/mol. The van der Waals surface area contributed by atoms with Gasteiger partial charge in [0.1, 0.15) is 11.6 Å². The Hall–Kier alpha value is -2.37. The summed E-state index contributed by atoms with van der Waals surface area (Å²) in [6.07, 6.45) is 1.58. The van der Waals surface area contributed by atoms with E-state index in [4.69, 9.17) is 11.6 Å². The van der Waals surface area contributed by atoms with Crippen LogP contribution >= 0.6 is 11.6 Å². The Bertz CT molecular complexity index is 869. The van der Waals surface area contributed by atoms with Crippen molar-refractivity contribution in [2.45, 2.75) is 63.5 Å². The molecule has 0 aliphatic heterocycles. The predicted octanol–water partition coefficient (Wildman–Crippen LogP) is 4.66. The highest BCUT2D eigenvalue weighted by atomic mass is 35.5. The number of hydrogen-bond donors (Lipinski definition) is 3. The Kier molecular flexibility index (Phi) is 8.04. The van der Waals surface area contributed by atoms with Crippen molar-refractivity contribution in [2.75, 3.05) is 0 Å². The van der Waals surface area contributed by atoms with Crippen LogP contribution in [0.3, 0.4) is 0 Å². The summed E-state index contributed by atoms with van der Waals surface area (Å²) < 4.78 is 0. The fraction of sp³-hybridized carbons (Fsp3) is 0.417. The summed E-state index contributed by atoms with van der Waals surface area (Å²) in [5, 5.41) is 24.5. The zero-order chi connectivity index (χ0) is 22.4. The number of aliphatic carboxylic acids is 1. The molecule has 0 bridgehead atoms. The van der Waals surface area contributed by atoms with Gasteiger partial charge >= 0.3 is 5.97 Å². The Labute approximate surface area is 183 Å². The Morgan fingerprint density at radius 3 is 2.27 bits per heavy atom. The number of unbranched alkanes of at least 4 members (excludes halogenated alkanes) is 1. The smallest absolute Gasteiger partial charge is 0.326 e. The van der Waals surface area contributed by atoms with Gasteiger partial charge in [-0.3, -0.25) is 4.79 Å². The summed E-state index contributed by atoms with van der Waals surface area (Å²) in [4.78, 5) is 24.4. The first-order valence-corrected chi connectivity index (χ1v) is 10.6. The quantitative estimate of drug-likeness (QED) is 0.510. The monoisotopic (exact) mass is 431 g/mol. The molecular formula is C24H30ClNO4. The van der Waals surface area contributed by atoms with Crippen molar-refractivity contribution >= 4 is 23.5 Å². The summed E-state index contributed by atoms with van der Waals surface area (Å²) in [7, 11) is 0. The SMILES string of the molecule is CCCC[C@H](NC(=O)CC(O)(c1ccccc1)C(C)(C)c1cccc(Cl)c1)C(=O)O. The zero-order valence-corrected chi connectivity index (χ0v) is 18.4. The number of aliphatic hydroxyl groups is 1. The summed E-state index contributed by atoms with van der Waals surface area (Å²) >= 11 is 6.18. The molecule has 30 heavy (non-hydrogen) atoms. The molecule has 2 aromatic rings. The highest BCUT2D eigenvalue weighted by Gasteiger charge is 2.47. The van der Waals surface area contributed by atoms with E-state index in [1.807, 2.05) is 32.9 Å². The highest BCUT2D eigenvalue weighted by molar-refractivity contribution is 6.30. The number of halogens is 1. The fourth-order valence-corrected chi connectivity index (χ4v) is 3.85. The van der Waals surface area contributed by atoms with Crippen molar-refractivity contribution in [1.29, 1.82) is 0 Å². The van der Waals surface area contributed by atoms with Crippen LogP contribution in [0.1, 0.15) is 57.6 Å². The van der Waals surface area contributed by atoms with Crippen LogP contribution in [-0.2, 0) is 20.6 Å². The third-order valence-corrected chi connectivity index (χ3v) is 5.96. The molecule has 0 fully saturated rings. The van der Waals surface area contributed by atoms with E-state index in [0.29, 0.717) is 23.4 Å². The molecule has 0 saturated heterocycles. The molecule has 1 unspecified atom stereocenters. The third kappa shape index (κ3) is 5.41. The third-order valence-electron chi connectivity index (χ3n) is 5.73. The molecule has 0 aliphatic carbocycles. The van der Waals surface area contributed by atoms with Crippen LogP contribution in [0.2, 0.25) is 5.02 Å². The van der Waals surface area contributed by atoms with Crippen LogP contribution in [0.25, 0.3) is 0 Å². The minimum Gasteiger partial charge on any atom is -0.480 e. The summed E-state index contributed by atoms with van der Waals surface area (Å²) in [5.41, 5.74) is -1.13. The molecule has 1 amide bonds. The lowest BCUT2D eigenvalue weighted by Gasteiger charge is -2.43. The molecule has 0 saturated carbocycles. The molecule has 0 aliphatic rings. The van der Waals surface area contributed by atoms with Crippen LogP contribution in [0.15, 0.2) is 54.6 Å². The lowest BCUT2D eigenvalue weighted by Crippen LogP contribution is -2.50. The van der Waals surface area contributed by atoms with E-state index in [1.165, 1.54) is 0 Å². The van der Waals surface area contributed by atoms with E-state index < -0.39 is 28.9 Å². The molecule has 0 heterocycles. The Morgan fingerprint density at radius 1 is 1.07 bits per heavy atom. The first-order chi connectivity index (χ1) is 14.1. The lowest BCUT2D eigenvalue weighted by atomic mass is 9.65. The number of amides is 1. The molecule has 5 nitrogen and oxygen atoms in total. The van der Waals surface area contributed by atoms with Crippen LogP contribution in [0.5, 0.6) is 0 Å². The van der Waals surface area contributed by atoms with Crippen molar-refractivity contribution in [3.63, 3.8) is 0 Å². The molecular weight excluding hydrogens is 402 g/mol. The summed E-state index contributed by atoms with van der Waals surface area (Å²) in [6.45, 7) is 5.66. The van der Waals surface area contributed by atoms with Crippen LogP contribution in [0.4, 0.5) is 0 Å². The zero-order valence-electron chi connectivity index (χ0n) is 17.7. The number of hydrogen-bond acceptors (Lipinski definition) is 3. The normalized spacial score (nSPS) is 14.6. The number of carboxylic acids is 1. The van der Waals surface area contributed by atoms with E-state index in [0.717, 1.165) is 12.0 Å². The first kappa shape index (κ1) is 23.9. The van der Waals surface area contributed by atoms with Gasteiger partial charge in [0, 0.05) is 10.4 Å². The van der Waals surface area contributed by atoms with Gasteiger partial charge in [0.05, 0.1) is 6.42 Å². The Morgan fingerprint density at radius 2 is 1.70 bits per heavy atom. The van der Waals surface area contributed by atoms with Crippen molar-refractivity contribution in [3.8, 4) is 0 Å².